The molecule has 0 aromatic carbocycles. The van der Waals surface area contributed by atoms with Crippen molar-refractivity contribution in [2.24, 2.45) is 0 Å². The van der Waals surface area contributed by atoms with Crippen LogP contribution < -0.4 is 10.6 Å². The van der Waals surface area contributed by atoms with Crippen LogP contribution in [0.15, 0.2) is 21.7 Å². The number of nitrogens with one attached hydrogen (secondary N) is 2. The lowest BCUT2D eigenvalue weighted by Crippen LogP contribution is -2.53. The number of sulfonamides is 1. The van der Waals surface area contributed by atoms with Crippen molar-refractivity contribution in [3.8, 4) is 0 Å². The van der Waals surface area contributed by atoms with Gasteiger partial charge in [-0.05, 0) is 24.3 Å². The Bertz CT molecular complexity index is 660. The molecule has 1 unspecified atom stereocenters. The Balaban J connectivity index is 2.00. The van der Waals surface area contributed by atoms with Gasteiger partial charge in [0.15, 0.2) is 0 Å². The molecular formula is C14H21N3O5S2. The summed E-state index contributed by atoms with van der Waals surface area (Å²) in [6.45, 7) is 2.91. The van der Waals surface area contributed by atoms with Gasteiger partial charge in [-0.15, -0.1) is 11.3 Å². The van der Waals surface area contributed by atoms with Crippen LogP contribution in [0.3, 0.4) is 0 Å². The Morgan fingerprint density at radius 1 is 1.38 bits per heavy atom. The third-order valence-electron chi connectivity index (χ3n) is 3.39. The number of carbonyl (C=O) groups excluding carboxylic acids is 2. The fourth-order valence-corrected chi connectivity index (χ4v) is 4.89. The SMILES string of the molecule is CCCNC(=O)C(=O)NCC1OCCCN1S(=O)(=O)c1cccs1. The van der Waals surface area contributed by atoms with Gasteiger partial charge in [-0.1, -0.05) is 13.0 Å². The molecule has 1 fully saturated rings. The summed E-state index contributed by atoms with van der Waals surface area (Å²) in [4.78, 5) is 23.3. The molecule has 0 spiro atoms. The van der Waals surface area contributed by atoms with E-state index in [1.807, 2.05) is 6.92 Å². The molecule has 1 aliphatic heterocycles. The predicted molar refractivity (Wildman–Crippen MR) is 88.9 cm³/mol. The maximum Gasteiger partial charge on any atom is 0.309 e. The molecule has 1 saturated heterocycles. The molecule has 1 aromatic heterocycles. The highest BCUT2D eigenvalue weighted by Gasteiger charge is 2.35. The van der Waals surface area contributed by atoms with Gasteiger partial charge in [-0.25, -0.2) is 8.42 Å². The lowest BCUT2D eigenvalue weighted by atomic mass is 10.3. The lowest BCUT2D eigenvalue weighted by Gasteiger charge is -2.34. The van der Waals surface area contributed by atoms with Gasteiger partial charge in [0.25, 0.3) is 10.0 Å². The Kier molecular flexibility index (Phi) is 6.72. The number of amides is 2. The molecule has 1 atom stereocenters. The first kappa shape index (κ1) is 18.8. The monoisotopic (exact) mass is 375 g/mol. The molecular weight excluding hydrogens is 354 g/mol. The van der Waals surface area contributed by atoms with Gasteiger partial charge in [0, 0.05) is 13.1 Å². The highest BCUT2D eigenvalue weighted by Crippen LogP contribution is 2.25. The third kappa shape index (κ3) is 4.53. The van der Waals surface area contributed by atoms with E-state index in [-0.39, 0.29) is 10.8 Å². The summed E-state index contributed by atoms with van der Waals surface area (Å²) in [5.41, 5.74) is 0. The maximum atomic E-state index is 12.6. The summed E-state index contributed by atoms with van der Waals surface area (Å²) in [5.74, 6) is -1.54. The van der Waals surface area contributed by atoms with E-state index in [0.717, 1.165) is 17.8 Å². The van der Waals surface area contributed by atoms with Crippen molar-refractivity contribution < 1.29 is 22.7 Å². The van der Waals surface area contributed by atoms with Crippen LogP contribution in [-0.4, -0.2) is 57.0 Å². The van der Waals surface area contributed by atoms with Crippen molar-refractivity contribution in [2.75, 3.05) is 26.2 Å². The van der Waals surface area contributed by atoms with E-state index in [1.54, 1.807) is 11.4 Å². The van der Waals surface area contributed by atoms with E-state index in [2.05, 4.69) is 10.6 Å². The highest BCUT2D eigenvalue weighted by atomic mass is 32.2. The molecule has 134 valence electrons. The van der Waals surface area contributed by atoms with E-state index >= 15 is 0 Å². The van der Waals surface area contributed by atoms with Gasteiger partial charge in [0.05, 0.1) is 13.2 Å². The number of rotatable bonds is 6. The Labute approximate surface area is 145 Å². The second-order valence-corrected chi connectivity index (χ2v) is 8.26. The first-order valence-corrected chi connectivity index (χ1v) is 10.0. The van der Waals surface area contributed by atoms with Gasteiger partial charge in [-0.3, -0.25) is 9.59 Å². The molecule has 8 nitrogen and oxygen atoms in total. The van der Waals surface area contributed by atoms with Crippen LogP contribution in [0.5, 0.6) is 0 Å². The first-order chi connectivity index (χ1) is 11.5. The minimum atomic E-state index is -3.68. The van der Waals surface area contributed by atoms with Crippen molar-refractivity contribution >= 4 is 33.2 Å². The zero-order valence-electron chi connectivity index (χ0n) is 13.4. The minimum Gasteiger partial charge on any atom is -0.360 e. The maximum absolute atomic E-state index is 12.6. The second kappa shape index (κ2) is 8.56. The highest BCUT2D eigenvalue weighted by molar-refractivity contribution is 7.91. The number of nitrogens with zero attached hydrogens (tertiary/aromatic N) is 1. The standard InChI is InChI=1S/C14H21N3O5S2/c1-2-6-15-13(18)14(19)16-10-11-17(7-4-8-22-11)24(20,21)12-5-3-9-23-12/h3,5,9,11H,2,4,6-8,10H2,1H3,(H,15,18)(H,16,19). The van der Waals surface area contributed by atoms with Crippen LogP contribution in [0.4, 0.5) is 0 Å². The first-order valence-electron chi connectivity index (χ1n) is 7.69. The molecule has 0 aliphatic carbocycles. The van der Waals surface area contributed by atoms with Crippen molar-refractivity contribution in [1.82, 2.24) is 14.9 Å². The Hall–Kier alpha value is -1.49. The van der Waals surface area contributed by atoms with Gasteiger partial charge in [0.2, 0.25) is 0 Å². The predicted octanol–water partition coefficient (Wildman–Crippen LogP) is 0.128. The summed E-state index contributed by atoms with van der Waals surface area (Å²) in [6, 6.07) is 3.19. The van der Waals surface area contributed by atoms with Crippen molar-refractivity contribution in [1.29, 1.82) is 0 Å². The molecule has 2 amide bonds. The van der Waals surface area contributed by atoms with E-state index < -0.39 is 28.1 Å². The molecule has 0 bridgehead atoms. The zero-order chi connectivity index (χ0) is 17.6. The summed E-state index contributed by atoms with van der Waals surface area (Å²) >= 11 is 1.13. The topological polar surface area (TPSA) is 105 Å². The summed E-state index contributed by atoms with van der Waals surface area (Å²) in [5, 5.41) is 6.58. The summed E-state index contributed by atoms with van der Waals surface area (Å²) in [7, 11) is -3.68. The van der Waals surface area contributed by atoms with Crippen LogP contribution in [0.1, 0.15) is 19.8 Å². The largest absolute Gasteiger partial charge is 0.360 e. The fraction of sp³-hybridized carbons (Fsp3) is 0.571. The van der Waals surface area contributed by atoms with E-state index in [4.69, 9.17) is 4.74 Å². The molecule has 0 saturated carbocycles. The molecule has 2 heterocycles. The quantitative estimate of drug-likeness (QED) is 0.688. The Morgan fingerprint density at radius 2 is 2.12 bits per heavy atom. The fourth-order valence-electron chi connectivity index (χ4n) is 2.21. The summed E-state index contributed by atoms with van der Waals surface area (Å²) < 4.78 is 32.2. The molecule has 0 radical (unpaired) electrons. The molecule has 10 heteroatoms. The molecule has 1 aromatic rings. The third-order valence-corrected chi connectivity index (χ3v) is 6.65. The van der Waals surface area contributed by atoms with Gasteiger partial charge in [0.1, 0.15) is 10.4 Å². The van der Waals surface area contributed by atoms with Crippen molar-refractivity contribution in [3.63, 3.8) is 0 Å². The molecule has 2 rings (SSSR count). The number of hydrogen-bond donors (Lipinski definition) is 2. The Morgan fingerprint density at radius 3 is 2.79 bits per heavy atom. The second-order valence-electron chi connectivity index (χ2n) is 5.19. The molecule has 2 N–H and O–H groups in total. The van der Waals surface area contributed by atoms with E-state index in [0.29, 0.717) is 26.1 Å². The van der Waals surface area contributed by atoms with Crippen LogP contribution in [0.2, 0.25) is 0 Å². The van der Waals surface area contributed by atoms with Gasteiger partial charge < -0.3 is 15.4 Å². The average molecular weight is 375 g/mol. The lowest BCUT2D eigenvalue weighted by molar-refractivity contribution is -0.140. The van der Waals surface area contributed by atoms with E-state index in [9.17, 15) is 18.0 Å². The van der Waals surface area contributed by atoms with Crippen molar-refractivity contribution in [2.45, 2.75) is 30.2 Å². The number of ether oxygens (including phenoxy) is 1. The summed E-state index contributed by atoms with van der Waals surface area (Å²) in [6.07, 6.45) is 0.470. The van der Waals surface area contributed by atoms with Crippen LogP contribution >= 0.6 is 11.3 Å². The number of thiophene rings is 1. The van der Waals surface area contributed by atoms with Crippen LogP contribution in [0.25, 0.3) is 0 Å². The van der Waals surface area contributed by atoms with Gasteiger partial charge >= 0.3 is 11.8 Å². The number of hydrogen-bond acceptors (Lipinski definition) is 6. The average Bonchev–Trinajstić information content (AvgIpc) is 3.13. The minimum absolute atomic E-state index is 0.0804. The molecule has 1 aliphatic rings. The van der Waals surface area contributed by atoms with E-state index in [1.165, 1.54) is 10.4 Å². The number of carbonyl (C=O) groups is 2. The van der Waals surface area contributed by atoms with Crippen LogP contribution in [-0.2, 0) is 24.3 Å². The van der Waals surface area contributed by atoms with Crippen LogP contribution in [0, 0.1) is 0 Å². The van der Waals surface area contributed by atoms with Gasteiger partial charge in [-0.2, -0.15) is 4.31 Å². The smallest absolute Gasteiger partial charge is 0.309 e. The van der Waals surface area contributed by atoms with Crippen molar-refractivity contribution in [3.05, 3.63) is 17.5 Å². The molecule has 24 heavy (non-hydrogen) atoms. The zero-order valence-corrected chi connectivity index (χ0v) is 15.0. The normalized spacial score (nSPS) is 19.0.